The number of hydrogen-bond acceptors (Lipinski definition) is 4. The molecule has 0 aliphatic carbocycles. The lowest BCUT2D eigenvalue weighted by Gasteiger charge is -2.46. The molecular formula is C10H22ClN3O. The van der Waals surface area contributed by atoms with Gasteiger partial charge in [0.2, 0.25) is 0 Å². The number of rotatable bonds is 3. The first-order chi connectivity index (χ1) is 6.81. The summed E-state index contributed by atoms with van der Waals surface area (Å²) in [6.45, 7) is 9.13. The molecule has 0 saturated carbocycles. The standard InChI is InChI=1S/C10H21N3O.ClH/c1-9-8-13(10-6-11-7-10)3-2-12(9)4-5-14;/h9-11,14H,2-8H2,1H3;1H. The largest absolute Gasteiger partial charge is 0.395 e. The highest BCUT2D eigenvalue weighted by Gasteiger charge is 2.30. The predicted octanol–water partition coefficient (Wildman–Crippen LogP) is -0.622. The Kier molecular flexibility index (Phi) is 5.29. The zero-order valence-electron chi connectivity index (χ0n) is 9.35. The van der Waals surface area contributed by atoms with E-state index in [1.165, 1.54) is 0 Å². The van der Waals surface area contributed by atoms with Crippen molar-refractivity contribution in [2.45, 2.75) is 19.0 Å². The summed E-state index contributed by atoms with van der Waals surface area (Å²) in [6, 6.07) is 1.37. The van der Waals surface area contributed by atoms with Crippen LogP contribution in [0.5, 0.6) is 0 Å². The Morgan fingerprint density at radius 2 is 2.07 bits per heavy atom. The van der Waals surface area contributed by atoms with Crippen LogP contribution in [0.15, 0.2) is 0 Å². The fraction of sp³-hybridized carbons (Fsp3) is 1.00. The van der Waals surface area contributed by atoms with E-state index in [-0.39, 0.29) is 19.0 Å². The quantitative estimate of drug-likeness (QED) is 0.684. The Labute approximate surface area is 98.0 Å². The minimum absolute atomic E-state index is 0. The average Bonchev–Trinajstić information content (AvgIpc) is 2.07. The molecule has 0 aromatic carbocycles. The summed E-state index contributed by atoms with van der Waals surface area (Å²) >= 11 is 0. The molecule has 0 radical (unpaired) electrons. The predicted molar refractivity (Wildman–Crippen MR) is 63.6 cm³/mol. The van der Waals surface area contributed by atoms with Gasteiger partial charge in [0.25, 0.3) is 0 Å². The molecule has 1 unspecified atom stereocenters. The normalized spacial score (nSPS) is 29.6. The Hall–Kier alpha value is 0.130. The van der Waals surface area contributed by atoms with Gasteiger partial charge in [0.1, 0.15) is 0 Å². The van der Waals surface area contributed by atoms with Crippen LogP contribution in [-0.4, -0.2) is 72.9 Å². The maximum Gasteiger partial charge on any atom is 0.0558 e. The molecule has 0 spiro atoms. The van der Waals surface area contributed by atoms with Crippen molar-refractivity contribution in [3.05, 3.63) is 0 Å². The van der Waals surface area contributed by atoms with Gasteiger partial charge in [-0.2, -0.15) is 0 Å². The van der Waals surface area contributed by atoms with Gasteiger partial charge in [-0.05, 0) is 6.92 Å². The molecule has 2 fully saturated rings. The minimum atomic E-state index is 0. The van der Waals surface area contributed by atoms with Gasteiger partial charge < -0.3 is 10.4 Å². The van der Waals surface area contributed by atoms with E-state index in [0.717, 1.165) is 45.3 Å². The first kappa shape index (κ1) is 13.2. The van der Waals surface area contributed by atoms with Crippen LogP contribution in [0, 0.1) is 0 Å². The maximum absolute atomic E-state index is 8.90. The third-order valence-corrected chi connectivity index (χ3v) is 3.46. The molecule has 0 aromatic rings. The molecule has 2 aliphatic rings. The lowest BCUT2D eigenvalue weighted by molar-refractivity contribution is 0.0306. The smallest absolute Gasteiger partial charge is 0.0558 e. The van der Waals surface area contributed by atoms with Crippen molar-refractivity contribution < 1.29 is 5.11 Å². The second-order valence-electron chi connectivity index (χ2n) is 4.42. The Morgan fingerprint density at radius 3 is 2.53 bits per heavy atom. The van der Waals surface area contributed by atoms with Gasteiger partial charge >= 0.3 is 0 Å². The fourth-order valence-corrected chi connectivity index (χ4v) is 2.35. The molecule has 2 heterocycles. The molecule has 2 N–H and O–H groups in total. The van der Waals surface area contributed by atoms with Crippen molar-refractivity contribution >= 4 is 12.4 Å². The van der Waals surface area contributed by atoms with Crippen LogP contribution in [0.2, 0.25) is 0 Å². The van der Waals surface area contributed by atoms with E-state index in [4.69, 9.17) is 5.11 Å². The molecule has 1 atom stereocenters. The van der Waals surface area contributed by atoms with Crippen LogP contribution in [0.4, 0.5) is 0 Å². The Balaban J connectivity index is 0.00000112. The Bertz CT molecular complexity index is 190. The first-order valence-corrected chi connectivity index (χ1v) is 5.61. The van der Waals surface area contributed by atoms with E-state index in [1.807, 2.05) is 0 Å². The van der Waals surface area contributed by atoms with E-state index in [9.17, 15) is 0 Å². The van der Waals surface area contributed by atoms with Crippen molar-refractivity contribution in [3.8, 4) is 0 Å². The lowest BCUT2D eigenvalue weighted by Crippen LogP contribution is -2.63. The van der Waals surface area contributed by atoms with Crippen LogP contribution in [0.25, 0.3) is 0 Å². The summed E-state index contributed by atoms with van der Waals surface area (Å²) in [5, 5.41) is 12.2. The summed E-state index contributed by atoms with van der Waals surface area (Å²) in [5.74, 6) is 0. The van der Waals surface area contributed by atoms with Crippen molar-refractivity contribution in [1.82, 2.24) is 15.1 Å². The van der Waals surface area contributed by atoms with E-state index in [2.05, 4.69) is 22.0 Å². The maximum atomic E-state index is 8.90. The van der Waals surface area contributed by atoms with Gasteiger partial charge in [-0.1, -0.05) is 0 Å². The molecule has 2 rings (SSSR count). The molecular weight excluding hydrogens is 214 g/mol. The number of nitrogens with one attached hydrogen (secondary N) is 1. The highest BCUT2D eigenvalue weighted by atomic mass is 35.5. The summed E-state index contributed by atoms with van der Waals surface area (Å²) < 4.78 is 0. The fourth-order valence-electron chi connectivity index (χ4n) is 2.35. The van der Waals surface area contributed by atoms with Crippen molar-refractivity contribution in [2.75, 3.05) is 45.9 Å². The van der Waals surface area contributed by atoms with Gasteiger partial charge in [0.05, 0.1) is 6.61 Å². The van der Waals surface area contributed by atoms with Crippen LogP contribution in [0.1, 0.15) is 6.92 Å². The minimum Gasteiger partial charge on any atom is -0.395 e. The molecule has 2 saturated heterocycles. The van der Waals surface area contributed by atoms with Crippen molar-refractivity contribution in [1.29, 1.82) is 0 Å². The zero-order valence-corrected chi connectivity index (χ0v) is 10.2. The van der Waals surface area contributed by atoms with Crippen LogP contribution < -0.4 is 5.32 Å². The van der Waals surface area contributed by atoms with Crippen LogP contribution in [0.3, 0.4) is 0 Å². The lowest BCUT2D eigenvalue weighted by atomic mass is 10.1. The van der Waals surface area contributed by atoms with Crippen molar-refractivity contribution in [2.24, 2.45) is 0 Å². The average molecular weight is 236 g/mol. The number of piperazine rings is 1. The summed E-state index contributed by atoms with van der Waals surface area (Å²) in [5.41, 5.74) is 0. The molecule has 0 bridgehead atoms. The van der Waals surface area contributed by atoms with Gasteiger partial charge in [0.15, 0.2) is 0 Å². The number of aliphatic hydroxyl groups is 1. The number of nitrogens with zero attached hydrogens (tertiary/aromatic N) is 2. The SMILES string of the molecule is CC1CN(C2CNC2)CCN1CCO.Cl. The van der Waals surface area contributed by atoms with E-state index >= 15 is 0 Å². The molecule has 4 nitrogen and oxygen atoms in total. The second kappa shape index (κ2) is 6.01. The number of hydrogen-bond donors (Lipinski definition) is 2. The van der Waals surface area contributed by atoms with Gasteiger partial charge in [-0.15, -0.1) is 12.4 Å². The van der Waals surface area contributed by atoms with Gasteiger partial charge in [0, 0.05) is 51.4 Å². The van der Waals surface area contributed by atoms with E-state index < -0.39 is 0 Å². The molecule has 15 heavy (non-hydrogen) atoms. The van der Waals surface area contributed by atoms with Gasteiger partial charge in [-0.3, -0.25) is 9.80 Å². The van der Waals surface area contributed by atoms with E-state index in [1.54, 1.807) is 0 Å². The molecule has 5 heteroatoms. The highest BCUT2D eigenvalue weighted by molar-refractivity contribution is 5.85. The molecule has 0 aromatic heterocycles. The topological polar surface area (TPSA) is 38.7 Å². The number of β-amino-alcohol motifs (C(OH)–C–C–N with tert-alkyl or cyclic N) is 1. The molecule has 90 valence electrons. The van der Waals surface area contributed by atoms with E-state index in [0.29, 0.717) is 6.04 Å². The summed E-state index contributed by atoms with van der Waals surface area (Å²) in [6.07, 6.45) is 0. The summed E-state index contributed by atoms with van der Waals surface area (Å²) in [7, 11) is 0. The van der Waals surface area contributed by atoms with Crippen molar-refractivity contribution in [3.63, 3.8) is 0 Å². The third kappa shape index (κ3) is 3.04. The Morgan fingerprint density at radius 1 is 1.33 bits per heavy atom. The third-order valence-electron chi connectivity index (χ3n) is 3.46. The zero-order chi connectivity index (χ0) is 9.97. The summed E-state index contributed by atoms with van der Waals surface area (Å²) in [4.78, 5) is 4.96. The molecule has 0 amide bonds. The van der Waals surface area contributed by atoms with Crippen LogP contribution >= 0.6 is 12.4 Å². The number of aliphatic hydroxyl groups excluding tert-OH is 1. The highest BCUT2D eigenvalue weighted by Crippen LogP contribution is 2.13. The second-order valence-corrected chi connectivity index (χ2v) is 4.42. The van der Waals surface area contributed by atoms with Crippen LogP contribution in [-0.2, 0) is 0 Å². The monoisotopic (exact) mass is 235 g/mol. The first-order valence-electron chi connectivity index (χ1n) is 5.61. The number of halogens is 1. The molecule has 2 aliphatic heterocycles. The van der Waals surface area contributed by atoms with Gasteiger partial charge in [-0.25, -0.2) is 0 Å².